The van der Waals surface area contributed by atoms with Gasteiger partial charge < -0.3 is 10.1 Å². The minimum atomic E-state index is -0.492. The summed E-state index contributed by atoms with van der Waals surface area (Å²) in [4.78, 5) is 23.3. The molecule has 1 amide bonds. The van der Waals surface area contributed by atoms with Gasteiger partial charge in [-0.2, -0.15) is 0 Å². The molecule has 23 heavy (non-hydrogen) atoms. The summed E-state index contributed by atoms with van der Waals surface area (Å²) in [5, 5.41) is 2.45. The average Bonchev–Trinajstić information content (AvgIpc) is 2.56. The fourth-order valence-electron chi connectivity index (χ4n) is 1.76. The minimum Gasteiger partial charge on any atom is -0.460 e. The third-order valence-corrected chi connectivity index (χ3v) is 3.75. The number of carbonyl (C=O) groups excluding carboxylic acids is 2. The van der Waals surface area contributed by atoms with Gasteiger partial charge in [-0.1, -0.05) is 42.5 Å². The molecule has 4 nitrogen and oxygen atoms in total. The van der Waals surface area contributed by atoms with Crippen LogP contribution in [0.3, 0.4) is 0 Å². The molecule has 0 radical (unpaired) electrons. The summed E-state index contributed by atoms with van der Waals surface area (Å²) >= 11 is 1.12. The van der Waals surface area contributed by atoms with E-state index in [2.05, 4.69) is 5.32 Å². The zero-order chi connectivity index (χ0) is 16.5. The molecule has 1 N–H and O–H groups in total. The number of benzene rings is 2. The Kier molecular flexibility index (Phi) is 6.62. The zero-order valence-electron chi connectivity index (χ0n) is 12.3. The van der Waals surface area contributed by atoms with Crippen molar-refractivity contribution >= 4 is 29.3 Å². The molecule has 0 fully saturated rings. The molecule has 0 saturated heterocycles. The van der Waals surface area contributed by atoms with Gasteiger partial charge in [0.15, 0.2) is 0 Å². The molecule has 0 atom stereocenters. The van der Waals surface area contributed by atoms with E-state index in [0.29, 0.717) is 0 Å². The Labute approximate surface area is 138 Å². The molecule has 0 aliphatic heterocycles. The second-order valence-electron chi connectivity index (χ2n) is 4.67. The quantitative estimate of drug-likeness (QED) is 0.790. The van der Waals surface area contributed by atoms with Gasteiger partial charge in [-0.15, -0.1) is 11.8 Å². The van der Waals surface area contributed by atoms with Crippen LogP contribution in [0.5, 0.6) is 0 Å². The number of halogens is 1. The second kappa shape index (κ2) is 8.95. The van der Waals surface area contributed by atoms with Gasteiger partial charge in [-0.05, 0) is 17.7 Å². The number of para-hydroxylation sites is 1. The normalized spacial score (nSPS) is 10.1. The maximum absolute atomic E-state index is 13.4. The fraction of sp³-hybridized carbons (Fsp3) is 0.176. The number of rotatable bonds is 7. The summed E-state index contributed by atoms with van der Waals surface area (Å²) < 4.78 is 18.5. The highest BCUT2D eigenvalue weighted by Gasteiger charge is 2.09. The summed E-state index contributed by atoms with van der Waals surface area (Å²) in [5.74, 6) is -1.13. The van der Waals surface area contributed by atoms with Gasteiger partial charge in [0.05, 0.1) is 17.2 Å². The first kappa shape index (κ1) is 17.0. The third kappa shape index (κ3) is 6.12. The molecule has 0 spiro atoms. The molecule has 0 aliphatic rings. The lowest BCUT2D eigenvalue weighted by Crippen LogP contribution is -2.17. The maximum atomic E-state index is 13.4. The van der Waals surface area contributed by atoms with E-state index in [1.807, 2.05) is 30.3 Å². The highest BCUT2D eigenvalue weighted by atomic mass is 32.2. The third-order valence-electron chi connectivity index (χ3n) is 2.84. The van der Waals surface area contributed by atoms with Crippen molar-refractivity contribution in [2.24, 2.45) is 0 Å². The van der Waals surface area contributed by atoms with Crippen molar-refractivity contribution in [2.45, 2.75) is 6.61 Å². The van der Waals surface area contributed by atoms with Gasteiger partial charge in [-0.3, -0.25) is 9.59 Å². The monoisotopic (exact) mass is 333 g/mol. The molecule has 0 aliphatic carbocycles. The Balaban J connectivity index is 1.65. The molecular weight excluding hydrogens is 317 g/mol. The molecule has 2 aromatic rings. The van der Waals surface area contributed by atoms with Crippen LogP contribution < -0.4 is 5.32 Å². The summed E-state index contributed by atoms with van der Waals surface area (Å²) in [6, 6.07) is 15.3. The number of thioether (sulfide) groups is 1. The van der Waals surface area contributed by atoms with E-state index < -0.39 is 11.8 Å². The van der Waals surface area contributed by atoms with Crippen LogP contribution in [0.15, 0.2) is 54.6 Å². The molecule has 2 rings (SSSR count). The van der Waals surface area contributed by atoms with Gasteiger partial charge in [0.1, 0.15) is 12.4 Å². The number of amides is 1. The highest BCUT2D eigenvalue weighted by Crippen LogP contribution is 2.13. The smallest absolute Gasteiger partial charge is 0.316 e. The van der Waals surface area contributed by atoms with Gasteiger partial charge in [0.25, 0.3) is 0 Å². The van der Waals surface area contributed by atoms with Crippen LogP contribution in [0.2, 0.25) is 0 Å². The molecule has 120 valence electrons. The van der Waals surface area contributed by atoms with Gasteiger partial charge in [0, 0.05) is 0 Å². The molecular formula is C17H16FNO3S. The summed E-state index contributed by atoms with van der Waals surface area (Å²) in [5.41, 5.74) is 1.04. The Morgan fingerprint density at radius 2 is 1.70 bits per heavy atom. The first-order chi connectivity index (χ1) is 11.1. The fourth-order valence-corrected chi connectivity index (χ4v) is 2.37. The van der Waals surface area contributed by atoms with E-state index >= 15 is 0 Å². The molecule has 2 aromatic carbocycles. The minimum absolute atomic E-state index is 0.0504. The Bertz CT molecular complexity index is 664. The summed E-state index contributed by atoms with van der Waals surface area (Å²) in [6.45, 7) is 0.210. The number of esters is 1. The predicted molar refractivity (Wildman–Crippen MR) is 88.6 cm³/mol. The van der Waals surface area contributed by atoms with Crippen molar-refractivity contribution in [2.75, 3.05) is 16.8 Å². The maximum Gasteiger partial charge on any atom is 0.316 e. The van der Waals surface area contributed by atoms with Crippen LogP contribution in [-0.4, -0.2) is 23.4 Å². The Morgan fingerprint density at radius 3 is 2.43 bits per heavy atom. The van der Waals surface area contributed by atoms with Crippen molar-refractivity contribution in [1.29, 1.82) is 0 Å². The Hall–Kier alpha value is -2.34. The van der Waals surface area contributed by atoms with Crippen LogP contribution in [0.1, 0.15) is 5.56 Å². The van der Waals surface area contributed by atoms with Crippen molar-refractivity contribution in [3.63, 3.8) is 0 Å². The van der Waals surface area contributed by atoms with Gasteiger partial charge in [-0.25, -0.2) is 4.39 Å². The van der Waals surface area contributed by atoms with E-state index in [1.54, 1.807) is 12.1 Å². The largest absolute Gasteiger partial charge is 0.460 e. The van der Waals surface area contributed by atoms with E-state index in [9.17, 15) is 14.0 Å². The number of hydrogen-bond acceptors (Lipinski definition) is 4. The molecule has 0 bridgehead atoms. The van der Waals surface area contributed by atoms with Crippen molar-refractivity contribution in [3.8, 4) is 0 Å². The van der Waals surface area contributed by atoms with Crippen molar-refractivity contribution < 1.29 is 18.7 Å². The molecule has 0 unspecified atom stereocenters. The van der Waals surface area contributed by atoms with Gasteiger partial charge in [0.2, 0.25) is 5.91 Å². The second-order valence-corrected chi connectivity index (χ2v) is 5.65. The SMILES string of the molecule is O=C(CSCC(=O)OCc1ccccc1)Nc1ccccc1F. The van der Waals surface area contributed by atoms with Crippen LogP contribution in [-0.2, 0) is 20.9 Å². The topological polar surface area (TPSA) is 55.4 Å². The lowest BCUT2D eigenvalue weighted by molar-refractivity contribution is -0.141. The van der Waals surface area contributed by atoms with E-state index in [0.717, 1.165) is 17.3 Å². The van der Waals surface area contributed by atoms with Crippen molar-refractivity contribution in [1.82, 2.24) is 0 Å². The van der Waals surface area contributed by atoms with Crippen molar-refractivity contribution in [3.05, 3.63) is 66.0 Å². The molecule has 0 heterocycles. The van der Waals surface area contributed by atoms with Crippen LogP contribution in [0, 0.1) is 5.82 Å². The van der Waals surface area contributed by atoms with E-state index in [-0.39, 0.29) is 29.7 Å². The molecule has 6 heteroatoms. The zero-order valence-corrected chi connectivity index (χ0v) is 13.1. The standard InChI is InChI=1S/C17H16FNO3S/c18-14-8-4-5-9-15(14)19-16(20)11-23-12-17(21)22-10-13-6-2-1-3-7-13/h1-9H,10-12H2,(H,19,20). The van der Waals surface area contributed by atoms with E-state index in [4.69, 9.17) is 4.74 Å². The molecule has 0 saturated carbocycles. The van der Waals surface area contributed by atoms with Crippen LogP contribution in [0.4, 0.5) is 10.1 Å². The van der Waals surface area contributed by atoms with E-state index in [1.165, 1.54) is 12.1 Å². The van der Waals surface area contributed by atoms with Gasteiger partial charge >= 0.3 is 5.97 Å². The lowest BCUT2D eigenvalue weighted by atomic mass is 10.2. The first-order valence-electron chi connectivity index (χ1n) is 6.97. The average molecular weight is 333 g/mol. The number of anilines is 1. The number of carbonyl (C=O) groups is 2. The lowest BCUT2D eigenvalue weighted by Gasteiger charge is -2.06. The summed E-state index contributed by atoms with van der Waals surface area (Å²) in [7, 11) is 0. The highest BCUT2D eigenvalue weighted by molar-refractivity contribution is 8.00. The first-order valence-corrected chi connectivity index (χ1v) is 8.12. The number of nitrogens with one attached hydrogen (secondary N) is 1. The summed E-state index contributed by atoms with van der Waals surface area (Å²) in [6.07, 6.45) is 0. The van der Waals surface area contributed by atoms with Crippen LogP contribution in [0.25, 0.3) is 0 Å². The Morgan fingerprint density at radius 1 is 1.00 bits per heavy atom. The molecule has 0 aromatic heterocycles. The predicted octanol–water partition coefficient (Wildman–Crippen LogP) is 3.24. The number of hydrogen-bond donors (Lipinski definition) is 1. The van der Waals surface area contributed by atoms with Crippen LogP contribution >= 0.6 is 11.8 Å². The number of ether oxygens (including phenoxy) is 1.